The summed E-state index contributed by atoms with van der Waals surface area (Å²) in [7, 11) is -4.97. The normalized spacial score (nSPS) is 11.8. The molecule has 4 aromatic heterocycles. The Balaban J connectivity index is 0.000000275. The number of nitrogens with zero attached hydrogens (tertiary/aromatic N) is 4. The third-order valence-corrected chi connectivity index (χ3v) is 17.3. The fourth-order valence-corrected chi connectivity index (χ4v) is 11.8. The Hall–Kier alpha value is -2.61. The average Bonchev–Trinajstić information content (AvgIpc) is 3.01. The minimum absolute atomic E-state index is 0.269. The van der Waals surface area contributed by atoms with Gasteiger partial charge in [0.15, 0.2) is 0 Å². The van der Waals surface area contributed by atoms with Crippen LogP contribution >= 0.6 is 0 Å². The van der Waals surface area contributed by atoms with Gasteiger partial charge < -0.3 is 9.59 Å². The van der Waals surface area contributed by atoms with Crippen molar-refractivity contribution in [1.82, 2.24) is 19.9 Å². The van der Waals surface area contributed by atoms with Crippen LogP contribution in [0.1, 0.15) is 55.4 Å². The van der Waals surface area contributed by atoms with Crippen molar-refractivity contribution in [2.45, 2.75) is 77.6 Å². The fraction of sp³-hybridized carbons (Fsp3) is 0.375. The summed E-state index contributed by atoms with van der Waals surface area (Å²) in [5.74, 6) is 0. The number of aromatic nitrogens is 4. The molecule has 0 aromatic carbocycles. The molecule has 0 atom stereocenters. The second-order valence-corrected chi connectivity index (χ2v) is 20.9. The molecule has 4 aromatic rings. The minimum atomic E-state index is -2.49. The van der Waals surface area contributed by atoms with Gasteiger partial charge in [0.25, 0.3) is 0 Å². The van der Waals surface area contributed by atoms with Crippen LogP contribution in [0, 0.1) is 0 Å². The maximum absolute atomic E-state index is 11.1. The van der Waals surface area contributed by atoms with E-state index in [0.29, 0.717) is 0 Å². The molecular weight excluding hydrogens is 616 g/mol. The molecule has 234 valence electrons. The first-order valence-corrected chi connectivity index (χ1v) is 19.6. The zero-order valence-corrected chi connectivity index (χ0v) is 29.4. The van der Waals surface area contributed by atoms with E-state index in [1.807, 2.05) is 73.1 Å². The standard InChI is InChI=1S/2C16H22N2OSi.Fe.2H2O/c2*1-12(2)20(19,13(3)4)14-8-9-16(18-11-14)15-7-5-6-10-17-15;;;/h2*5-13,19H,1-4H3;;2*1H2/q;;+2;;/p-2. The van der Waals surface area contributed by atoms with Gasteiger partial charge in [0.05, 0.1) is 22.8 Å². The van der Waals surface area contributed by atoms with E-state index in [1.165, 1.54) is 0 Å². The number of rotatable bonds is 8. The monoisotopic (exact) mass is 662 g/mol. The Bertz CT molecular complexity index is 1220. The zero-order valence-electron chi connectivity index (χ0n) is 26.3. The third kappa shape index (κ3) is 9.20. The molecule has 0 bridgehead atoms. The van der Waals surface area contributed by atoms with Crippen molar-refractivity contribution < 1.29 is 33.6 Å². The van der Waals surface area contributed by atoms with Gasteiger partial charge in [-0.25, -0.2) is 0 Å². The molecule has 11 heteroatoms. The maximum atomic E-state index is 11.1. The molecule has 4 heterocycles. The summed E-state index contributed by atoms with van der Waals surface area (Å²) < 4.78 is 14.2. The molecule has 0 aliphatic rings. The molecule has 0 unspecified atom stereocenters. The molecular formula is C32H46FeN4O4Si2. The van der Waals surface area contributed by atoms with Crippen molar-refractivity contribution in [3.05, 3.63) is 85.5 Å². The topological polar surface area (TPSA) is 132 Å². The summed E-state index contributed by atoms with van der Waals surface area (Å²) in [4.78, 5) is 39.7. The quantitative estimate of drug-likeness (QED) is 0.192. The zero-order chi connectivity index (χ0) is 32.2. The molecule has 0 aliphatic heterocycles. The summed E-state index contributed by atoms with van der Waals surface area (Å²) >= 11 is -0.750. The van der Waals surface area contributed by atoms with Crippen LogP contribution in [-0.4, -0.2) is 54.5 Å². The van der Waals surface area contributed by atoms with Crippen molar-refractivity contribution in [1.29, 1.82) is 0 Å². The van der Waals surface area contributed by atoms with E-state index in [4.69, 9.17) is 8.38 Å². The van der Waals surface area contributed by atoms with Crippen LogP contribution in [0.3, 0.4) is 0 Å². The van der Waals surface area contributed by atoms with Crippen LogP contribution in [0.2, 0.25) is 22.2 Å². The summed E-state index contributed by atoms with van der Waals surface area (Å²) in [5, 5.41) is 2.00. The molecule has 8 nitrogen and oxygen atoms in total. The van der Waals surface area contributed by atoms with Gasteiger partial charge in [-0.2, -0.15) is 0 Å². The second kappa shape index (κ2) is 17.0. The van der Waals surface area contributed by atoms with E-state index in [0.717, 1.165) is 33.1 Å². The van der Waals surface area contributed by atoms with Gasteiger partial charge in [0.1, 0.15) is 0 Å². The summed E-state index contributed by atoms with van der Waals surface area (Å²) in [6.45, 7) is 16.8. The molecule has 4 N–H and O–H groups in total. The van der Waals surface area contributed by atoms with Crippen LogP contribution < -0.4 is 10.4 Å². The van der Waals surface area contributed by atoms with Gasteiger partial charge in [-0.05, 0) is 68.9 Å². The van der Waals surface area contributed by atoms with Crippen LogP contribution in [0.25, 0.3) is 22.8 Å². The Morgan fingerprint density at radius 1 is 0.488 bits per heavy atom. The number of pyridine rings is 4. The summed E-state index contributed by atoms with van der Waals surface area (Å²) in [6, 6.07) is 19.5. The summed E-state index contributed by atoms with van der Waals surface area (Å²) in [6.07, 6.45) is 7.18. The van der Waals surface area contributed by atoms with Crippen molar-refractivity contribution in [3.8, 4) is 22.8 Å². The van der Waals surface area contributed by atoms with Crippen molar-refractivity contribution in [3.63, 3.8) is 0 Å². The van der Waals surface area contributed by atoms with E-state index in [2.05, 4.69) is 75.3 Å². The molecule has 0 amide bonds. The van der Waals surface area contributed by atoms with Crippen molar-refractivity contribution >= 4 is 27.0 Å². The van der Waals surface area contributed by atoms with Gasteiger partial charge in [0, 0.05) is 24.8 Å². The molecule has 4 rings (SSSR count). The van der Waals surface area contributed by atoms with Crippen LogP contribution in [0.15, 0.2) is 85.5 Å². The summed E-state index contributed by atoms with van der Waals surface area (Å²) in [5.41, 5.74) is 4.48. The predicted octanol–water partition coefficient (Wildman–Crippen LogP) is 5.10. The van der Waals surface area contributed by atoms with Gasteiger partial charge in [-0.3, -0.25) is 19.9 Å². The van der Waals surface area contributed by atoms with Crippen LogP contribution in [0.5, 0.6) is 0 Å². The fourth-order valence-electron chi connectivity index (χ4n) is 5.26. The number of hydrogen-bond acceptors (Lipinski definition) is 8. The SMILES string of the molecule is CC(C)[Si](O)(c1ccc(-c2ccccn2)nc1)C(C)C.CC(C)[Si](O)(c1ccc(-c2ccccn2)nc1)C(C)C.[OH][Fe][OH]. The Morgan fingerprint density at radius 3 is 1.00 bits per heavy atom. The molecule has 0 aliphatic carbocycles. The molecule has 0 saturated heterocycles. The molecule has 0 fully saturated rings. The first-order chi connectivity index (χ1) is 20.3. The predicted molar refractivity (Wildman–Crippen MR) is 175 cm³/mol. The van der Waals surface area contributed by atoms with Gasteiger partial charge >= 0.3 is 24.0 Å². The molecule has 0 saturated carbocycles. The Labute approximate surface area is 265 Å². The van der Waals surface area contributed by atoms with Gasteiger partial charge in [-0.1, -0.05) is 79.7 Å². The first-order valence-electron chi connectivity index (χ1n) is 14.4. The van der Waals surface area contributed by atoms with E-state index in [9.17, 15) is 9.59 Å². The van der Waals surface area contributed by atoms with E-state index >= 15 is 0 Å². The van der Waals surface area contributed by atoms with Crippen LogP contribution in [0.4, 0.5) is 0 Å². The van der Waals surface area contributed by atoms with Gasteiger partial charge in [-0.15, -0.1) is 0 Å². The Kier molecular flexibility index (Phi) is 14.5. The van der Waals surface area contributed by atoms with E-state index in [1.54, 1.807) is 12.4 Å². The van der Waals surface area contributed by atoms with Crippen molar-refractivity contribution in [2.24, 2.45) is 0 Å². The second-order valence-electron chi connectivity index (χ2n) is 11.6. The van der Waals surface area contributed by atoms with Gasteiger partial charge in [0.2, 0.25) is 16.6 Å². The number of hydrogen-bond donors (Lipinski definition) is 4. The van der Waals surface area contributed by atoms with Crippen LogP contribution in [-0.2, 0) is 15.6 Å². The van der Waals surface area contributed by atoms with E-state index < -0.39 is 32.3 Å². The molecule has 0 spiro atoms. The molecule has 43 heavy (non-hydrogen) atoms. The average molecular weight is 663 g/mol. The first kappa shape index (κ1) is 36.6. The Morgan fingerprint density at radius 2 is 0.791 bits per heavy atom. The van der Waals surface area contributed by atoms with E-state index in [-0.39, 0.29) is 22.2 Å². The van der Waals surface area contributed by atoms with Crippen molar-refractivity contribution in [2.75, 3.05) is 0 Å². The third-order valence-electron chi connectivity index (χ3n) is 7.83. The molecule has 0 radical (unpaired) electrons.